The fourth-order valence-corrected chi connectivity index (χ4v) is 2.27. The van der Waals surface area contributed by atoms with Crippen molar-refractivity contribution in [2.75, 3.05) is 0 Å². The lowest BCUT2D eigenvalue weighted by molar-refractivity contribution is 0.377. The first-order valence-electron chi connectivity index (χ1n) is 6.15. The van der Waals surface area contributed by atoms with Crippen LogP contribution in [0.15, 0.2) is 48.1 Å². The van der Waals surface area contributed by atoms with Gasteiger partial charge in [0.1, 0.15) is 0 Å². The lowest BCUT2D eigenvalue weighted by Crippen LogP contribution is -2.18. The van der Waals surface area contributed by atoms with Gasteiger partial charge in [-0.05, 0) is 37.2 Å². The largest absolute Gasteiger partial charge is 0.0991 e. The molecular weight excluding hydrogens is 180 g/mol. The summed E-state index contributed by atoms with van der Waals surface area (Å²) in [6.07, 6.45) is 11.1. The Balaban J connectivity index is 2.93. The highest BCUT2D eigenvalue weighted by atomic mass is 14.3. The van der Waals surface area contributed by atoms with E-state index in [1.54, 1.807) is 12.2 Å². The van der Waals surface area contributed by atoms with Gasteiger partial charge in [-0.3, -0.25) is 0 Å². The summed E-state index contributed by atoms with van der Waals surface area (Å²) in [5, 5.41) is 0. The maximum Gasteiger partial charge on any atom is 0.0623 e. The molecule has 0 aliphatic heterocycles. The zero-order valence-electron chi connectivity index (χ0n) is 11.1. The van der Waals surface area contributed by atoms with Crippen LogP contribution in [0.2, 0.25) is 0 Å². The van der Waals surface area contributed by atoms with Crippen molar-refractivity contribution in [3.8, 4) is 0 Å². The Hall–Kier alpha value is -1.04. The first kappa shape index (κ1) is 10.5. The van der Waals surface area contributed by atoms with Crippen LogP contribution >= 0.6 is 0 Å². The Morgan fingerprint density at radius 2 is 2.13 bits per heavy atom. The van der Waals surface area contributed by atoms with Gasteiger partial charge >= 0.3 is 0 Å². The smallest absolute Gasteiger partial charge is 0.0623 e. The predicted molar refractivity (Wildman–Crippen MR) is 68.8 cm³/mol. The average molecular weight is 203 g/mol. The molecule has 1 aliphatic rings. The molecule has 0 amide bonds. The zero-order valence-corrected chi connectivity index (χ0v) is 10.1. The number of allylic oxidation sites excluding steroid dienone is 7. The molecule has 0 aromatic heterocycles. The predicted octanol–water partition coefficient (Wildman–Crippen LogP) is 4.81. The molecule has 0 aromatic carbocycles. The lowest BCUT2D eigenvalue weighted by Gasteiger charge is -2.32. The minimum Gasteiger partial charge on any atom is -0.0991 e. The molecule has 1 aliphatic carbocycles. The monoisotopic (exact) mass is 203 g/mol. The molecule has 0 atom stereocenters. The number of hydrogen-bond acceptors (Lipinski definition) is 0. The highest BCUT2D eigenvalue weighted by molar-refractivity contribution is 5.34. The van der Waals surface area contributed by atoms with Crippen LogP contribution in [0, 0.1) is 5.41 Å². The molecule has 0 heteroatoms. The van der Waals surface area contributed by atoms with Gasteiger partial charge in [-0.15, -0.1) is 0 Å². The van der Waals surface area contributed by atoms with Crippen molar-refractivity contribution in [3.05, 3.63) is 48.1 Å². The molecule has 1 rings (SSSR count). The summed E-state index contributed by atoms with van der Waals surface area (Å²) in [5.41, 5.74) is 3.13. The summed E-state index contributed by atoms with van der Waals surface area (Å²) in [6, 6.07) is 0.511. The van der Waals surface area contributed by atoms with Gasteiger partial charge in [0.05, 0.1) is 1.37 Å². The first-order valence-corrected chi connectivity index (χ1v) is 5.65. The van der Waals surface area contributed by atoms with E-state index >= 15 is 0 Å². The SMILES string of the molecule is [2H]C(/C=C/C1=C(C)CCCC1(C)C)=C\C=C. The van der Waals surface area contributed by atoms with Crippen LogP contribution in [0.5, 0.6) is 0 Å². The molecule has 0 heterocycles. The quantitative estimate of drug-likeness (QED) is 0.577. The van der Waals surface area contributed by atoms with E-state index in [1.807, 2.05) is 6.08 Å². The van der Waals surface area contributed by atoms with Crippen LogP contribution in [-0.2, 0) is 0 Å². The van der Waals surface area contributed by atoms with Crippen molar-refractivity contribution in [2.24, 2.45) is 5.41 Å². The third-order valence-electron chi connectivity index (χ3n) is 3.10. The van der Waals surface area contributed by atoms with Gasteiger partial charge in [0, 0.05) is 0 Å². The van der Waals surface area contributed by atoms with E-state index in [9.17, 15) is 0 Å². The van der Waals surface area contributed by atoms with Crippen LogP contribution in [0.1, 0.15) is 41.4 Å². The third-order valence-corrected chi connectivity index (χ3v) is 3.10. The Kier molecular flexibility index (Phi) is 3.60. The molecule has 15 heavy (non-hydrogen) atoms. The van der Waals surface area contributed by atoms with Gasteiger partial charge < -0.3 is 0 Å². The minimum atomic E-state index is 0.257. The maximum atomic E-state index is 7.67. The Bertz CT molecular complexity index is 354. The molecule has 0 saturated carbocycles. The number of rotatable bonds is 3. The van der Waals surface area contributed by atoms with E-state index in [-0.39, 0.29) is 5.41 Å². The van der Waals surface area contributed by atoms with Crippen LogP contribution in [0.4, 0.5) is 0 Å². The Morgan fingerprint density at radius 3 is 2.73 bits per heavy atom. The van der Waals surface area contributed by atoms with Gasteiger partial charge in [-0.1, -0.05) is 56.4 Å². The third kappa shape index (κ3) is 3.23. The van der Waals surface area contributed by atoms with Gasteiger partial charge in [0.15, 0.2) is 0 Å². The van der Waals surface area contributed by atoms with E-state index in [2.05, 4.69) is 33.4 Å². The average Bonchev–Trinajstić information content (AvgIpc) is 2.16. The van der Waals surface area contributed by atoms with Gasteiger partial charge in [0.25, 0.3) is 0 Å². The second-order valence-corrected chi connectivity index (χ2v) is 4.83. The molecule has 0 unspecified atom stereocenters. The zero-order chi connectivity index (χ0) is 12.2. The normalized spacial score (nSPS) is 23.1. The van der Waals surface area contributed by atoms with E-state index < -0.39 is 0 Å². The molecule has 0 N–H and O–H groups in total. The molecule has 0 bridgehead atoms. The summed E-state index contributed by atoms with van der Waals surface area (Å²) < 4.78 is 7.67. The van der Waals surface area contributed by atoms with E-state index in [0.717, 1.165) is 0 Å². The summed E-state index contributed by atoms with van der Waals surface area (Å²) >= 11 is 0. The molecule has 0 radical (unpaired) electrons. The van der Waals surface area contributed by atoms with Crippen molar-refractivity contribution < 1.29 is 1.37 Å². The van der Waals surface area contributed by atoms with Gasteiger partial charge in [-0.2, -0.15) is 0 Å². The fraction of sp³-hybridized carbons (Fsp3) is 0.467. The summed E-state index contributed by atoms with van der Waals surface area (Å²) in [4.78, 5) is 0. The summed E-state index contributed by atoms with van der Waals surface area (Å²) in [5.74, 6) is 0. The Labute approximate surface area is 95.5 Å². The molecule has 0 spiro atoms. The second-order valence-electron chi connectivity index (χ2n) is 4.83. The molecular formula is C15H22. The van der Waals surface area contributed by atoms with Crippen LogP contribution in [-0.4, -0.2) is 0 Å². The topological polar surface area (TPSA) is 0 Å². The fourth-order valence-electron chi connectivity index (χ4n) is 2.27. The van der Waals surface area contributed by atoms with E-state index in [1.165, 1.54) is 30.4 Å². The highest BCUT2D eigenvalue weighted by Gasteiger charge is 2.26. The standard InChI is InChI=1S/C15H22/c1-5-6-7-8-11-14-13(2)10-9-12-15(14,3)4/h5-8,11H,1,9-10,12H2,2-4H3/b7-6+,11-8+/i7D. The first-order chi connectivity index (χ1) is 7.47. The van der Waals surface area contributed by atoms with Crippen molar-refractivity contribution in [3.63, 3.8) is 0 Å². The minimum absolute atomic E-state index is 0.257. The van der Waals surface area contributed by atoms with Gasteiger partial charge in [0.2, 0.25) is 0 Å². The summed E-state index contributed by atoms with van der Waals surface area (Å²) in [7, 11) is 0. The maximum absolute atomic E-state index is 7.67. The van der Waals surface area contributed by atoms with Crippen molar-refractivity contribution in [1.29, 1.82) is 0 Å². The highest BCUT2D eigenvalue weighted by Crippen LogP contribution is 2.40. The van der Waals surface area contributed by atoms with Crippen LogP contribution in [0.3, 0.4) is 0 Å². The van der Waals surface area contributed by atoms with E-state index in [4.69, 9.17) is 1.37 Å². The van der Waals surface area contributed by atoms with Crippen LogP contribution < -0.4 is 0 Å². The van der Waals surface area contributed by atoms with Crippen molar-refractivity contribution >= 4 is 0 Å². The molecule has 0 nitrogen and oxygen atoms in total. The molecule has 0 fully saturated rings. The molecule has 0 saturated heterocycles. The number of hydrogen-bond donors (Lipinski definition) is 0. The molecule has 82 valence electrons. The van der Waals surface area contributed by atoms with Crippen molar-refractivity contribution in [1.82, 2.24) is 0 Å². The van der Waals surface area contributed by atoms with Crippen molar-refractivity contribution in [2.45, 2.75) is 40.0 Å². The molecule has 0 aromatic rings. The summed E-state index contributed by atoms with van der Waals surface area (Å²) in [6.45, 7) is 10.4. The van der Waals surface area contributed by atoms with Gasteiger partial charge in [-0.25, -0.2) is 0 Å². The lowest BCUT2D eigenvalue weighted by atomic mass is 9.73. The van der Waals surface area contributed by atoms with Crippen LogP contribution in [0.25, 0.3) is 0 Å². The Morgan fingerprint density at radius 1 is 1.40 bits per heavy atom. The second kappa shape index (κ2) is 5.16. The van der Waals surface area contributed by atoms with E-state index in [0.29, 0.717) is 6.05 Å².